The van der Waals surface area contributed by atoms with Gasteiger partial charge in [0, 0.05) is 22.9 Å². The molecule has 1 amide bonds. The summed E-state index contributed by atoms with van der Waals surface area (Å²) in [7, 11) is 1.56. The van der Waals surface area contributed by atoms with Gasteiger partial charge in [-0.2, -0.15) is 5.10 Å². The average Bonchev–Trinajstić information content (AvgIpc) is 3.16. The first-order valence-corrected chi connectivity index (χ1v) is 7.82. The standard InChI is InChI=1S/C19H18FN3O2/c1-12(13-3-6-16(20)7-4-13)23-19(24)14-5-8-17(18(9-14)25-2)15-10-21-22-11-15/h3-12H,1-2H3,(H,21,22)(H,23,24). The number of hydrogen-bond donors (Lipinski definition) is 2. The lowest BCUT2D eigenvalue weighted by atomic mass is 10.0. The van der Waals surface area contributed by atoms with Gasteiger partial charge in [0.15, 0.2) is 0 Å². The van der Waals surface area contributed by atoms with Crippen molar-refractivity contribution in [2.45, 2.75) is 13.0 Å². The van der Waals surface area contributed by atoms with Crippen LogP contribution in [0.25, 0.3) is 11.1 Å². The van der Waals surface area contributed by atoms with Gasteiger partial charge in [0.1, 0.15) is 11.6 Å². The van der Waals surface area contributed by atoms with E-state index >= 15 is 0 Å². The highest BCUT2D eigenvalue weighted by atomic mass is 19.1. The molecule has 5 nitrogen and oxygen atoms in total. The first-order valence-electron chi connectivity index (χ1n) is 7.82. The number of aromatic nitrogens is 2. The molecule has 3 aromatic rings. The molecule has 0 bridgehead atoms. The highest BCUT2D eigenvalue weighted by molar-refractivity contribution is 5.95. The van der Waals surface area contributed by atoms with Crippen LogP contribution in [0.1, 0.15) is 28.9 Å². The van der Waals surface area contributed by atoms with Crippen LogP contribution in [0, 0.1) is 5.82 Å². The molecule has 0 aliphatic heterocycles. The van der Waals surface area contributed by atoms with Crippen molar-refractivity contribution in [1.29, 1.82) is 0 Å². The van der Waals surface area contributed by atoms with E-state index < -0.39 is 0 Å². The fraction of sp³-hybridized carbons (Fsp3) is 0.158. The number of carbonyl (C=O) groups excluding carboxylic acids is 1. The number of rotatable bonds is 5. The zero-order valence-corrected chi connectivity index (χ0v) is 13.9. The quantitative estimate of drug-likeness (QED) is 0.744. The third kappa shape index (κ3) is 3.68. The van der Waals surface area contributed by atoms with Crippen molar-refractivity contribution in [3.63, 3.8) is 0 Å². The van der Waals surface area contributed by atoms with Crippen LogP contribution in [0.3, 0.4) is 0 Å². The summed E-state index contributed by atoms with van der Waals surface area (Å²) in [6.45, 7) is 1.85. The molecule has 1 atom stereocenters. The van der Waals surface area contributed by atoms with Crippen molar-refractivity contribution in [1.82, 2.24) is 15.5 Å². The molecule has 0 fully saturated rings. The molecule has 1 aromatic heterocycles. The normalized spacial score (nSPS) is 11.8. The number of nitrogens with zero attached hydrogens (tertiary/aromatic N) is 1. The largest absolute Gasteiger partial charge is 0.496 e. The molecule has 0 saturated heterocycles. The summed E-state index contributed by atoms with van der Waals surface area (Å²) in [6.07, 6.45) is 3.45. The second-order valence-corrected chi connectivity index (χ2v) is 5.65. The lowest BCUT2D eigenvalue weighted by Crippen LogP contribution is -2.26. The first-order chi connectivity index (χ1) is 12.1. The van der Waals surface area contributed by atoms with Crippen molar-refractivity contribution in [3.8, 4) is 16.9 Å². The van der Waals surface area contributed by atoms with E-state index in [0.29, 0.717) is 11.3 Å². The number of hydrogen-bond acceptors (Lipinski definition) is 3. The van der Waals surface area contributed by atoms with Crippen LogP contribution in [0.15, 0.2) is 54.9 Å². The molecule has 2 aromatic carbocycles. The minimum atomic E-state index is -0.304. The maximum atomic E-state index is 13.0. The Bertz CT molecular complexity index is 861. The Morgan fingerprint density at radius 1 is 1.24 bits per heavy atom. The zero-order chi connectivity index (χ0) is 17.8. The minimum Gasteiger partial charge on any atom is -0.496 e. The van der Waals surface area contributed by atoms with Gasteiger partial charge >= 0.3 is 0 Å². The summed E-state index contributed by atoms with van der Waals surface area (Å²) in [5, 5.41) is 9.58. The van der Waals surface area contributed by atoms with Gasteiger partial charge in [-0.05, 0) is 42.8 Å². The number of nitrogens with one attached hydrogen (secondary N) is 2. The second kappa shape index (κ2) is 7.17. The van der Waals surface area contributed by atoms with E-state index in [-0.39, 0.29) is 17.8 Å². The molecular formula is C19H18FN3O2. The minimum absolute atomic E-state index is 0.228. The van der Waals surface area contributed by atoms with Crippen LogP contribution in [-0.4, -0.2) is 23.2 Å². The fourth-order valence-electron chi connectivity index (χ4n) is 2.58. The third-order valence-corrected chi connectivity index (χ3v) is 3.99. The van der Waals surface area contributed by atoms with E-state index in [0.717, 1.165) is 16.7 Å². The zero-order valence-electron chi connectivity index (χ0n) is 13.9. The van der Waals surface area contributed by atoms with Crippen molar-refractivity contribution in [2.75, 3.05) is 7.11 Å². The summed E-state index contributed by atoms with van der Waals surface area (Å²) in [5.74, 6) is 0.0548. The van der Waals surface area contributed by atoms with Gasteiger partial charge in [0.05, 0.1) is 19.3 Å². The number of amides is 1. The van der Waals surface area contributed by atoms with Crippen LogP contribution in [0.2, 0.25) is 0 Å². The summed E-state index contributed by atoms with van der Waals surface area (Å²) < 4.78 is 18.4. The second-order valence-electron chi connectivity index (χ2n) is 5.65. The Hall–Kier alpha value is -3.15. The van der Waals surface area contributed by atoms with Crippen molar-refractivity contribution in [2.24, 2.45) is 0 Å². The molecule has 0 aliphatic carbocycles. The molecule has 3 rings (SSSR count). The lowest BCUT2D eigenvalue weighted by Gasteiger charge is -2.15. The predicted molar refractivity (Wildman–Crippen MR) is 92.9 cm³/mol. The maximum absolute atomic E-state index is 13.0. The van der Waals surface area contributed by atoms with E-state index in [1.165, 1.54) is 12.1 Å². The van der Waals surface area contributed by atoms with Crippen molar-refractivity contribution < 1.29 is 13.9 Å². The van der Waals surface area contributed by atoms with E-state index in [2.05, 4.69) is 15.5 Å². The fourth-order valence-corrected chi connectivity index (χ4v) is 2.58. The van der Waals surface area contributed by atoms with Crippen LogP contribution in [0.4, 0.5) is 4.39 Å². The molecule has 25 heavy (non-hydrogen) atoms. The molecule has 0 saturated carbocycles. The van der Waals surface area contributed by atoms with E-state index in [4.69, 9.17) is 4.74 Å². The Kier molecular flexibility index (Phi) is 4.79. The van der Waals surface area contributed by atoms with Crippen LogP contribution in [0.5, 0.6) is 5.75 Å². The highest BCUT2D eigenvalue weighted by Crippen LogP contribution is 2.30. The summed E-state index contributed by atoms with van der Waals surface area (Å²) in [5.41, 5.74) is 3.04. The summed E-state index contributed by atoms with van der Waals surface area (Å²) >= 11 is 0. The van der Waals surface area contributed by atoms with E-state index in [9.17, 15) is 9.18 Å². The number of H-pyrrole nitrogens is 1. The number of ether oxygens (including phenoxy) is 1. The van der Waals surface area contributed by atoms with Gasteiger partial charge in [-0.3, -0.25) is 9.89 Å². The first kappa shape index (κ1) is 16.7. The number of benzene rings is 2. The molecule has 6 heteroatoms. The Labute approximate surface area is 144 Å². The van der Waals surface area contributed by atoms with Crippen LogP contribution < -0.4 is 10.1 Å². The molecule has 0 spiro atoms. The van der Waals surface area contributed by atoms with Crippen LogP contribution in [-0.2, 0) is 0 Å². The third-order valence-electron chi connectivity index (χ3n) is 3.99. The maximum Gasteiger partial charge on any atom is 0.251 e. The van der Waals surface area contributed by atoms with Gasteiger partial charge in [-0.15, -0.1) is 0 Å². The van der Waals surface area contributed by atoms with Crippen molar-refractivity contribution >= 4 is 5.91 Å². The topological polar surface area (TPSA) is 67.0 Å². The Morgan fingerprint density at radius 3 is 2.64 bits per heavy atom. The number of halogens is 1. The SMILES string of the molecule is COc1cc(C(=O)NC(C)c2ccc(F)cc2)ccc1-c1cn[nH]c1. The van der Waals surface area contributed by atoms with Gasteiger partial charge < -0.3 is 10.1 Å². The molecular weight excluding hydrogens is 321 g/mol. The van der Waals surface area contributed by atoms with Crippen molar-refractivity contribution in [3.05, 3.63) is 71.8 Å². The van der Waals surface area contributed by atoms with E-state index in [1.807, 2.05) is 13.0 Å². The monoisotopic (exact) mass is 339 g/mol. The molecule has 1 unspecified atom stereocenters. The van der Waals surface area contributed by atoms with Crippen LogP contribution >= 0.6 is 0 Å². The smallest absolute Gasteiger partial charge is 0.251 e. The Morgan fingerprint density at radius 2 is 2.00 bits per heavy atom. The molecule has 1 heterocycles. The number of carbonyl (C=O) groups is 1. The molecule has 2 N–H and O–H groups in total. The number of methoxy groups -OCH3 is 1. The van der Waals surface area contributed by atoms with Gasteiger partial charge in [-0.25, -0.2) is 4.39 Å². The van der Waals surface area contributed by atoms with Gasteiger partial charge in [-0.1, -0.05) is 12.1 Å². The molecule has 128 valence electrons. The molecule has 0 radical (unpaired) electrons. The van der Waals surface area contributed by atoms with Gasteiger partial charge in [0.2, 0.25) is 0 Å². The number of aromatic amines is 1. The summed E-state index contributed by atoms with van der Waals surface area (Å²) in [6, 6.07) is 11.1. The van der Waals surface area contributed by atoms with Gasteiger partial charge in [0.25, 0.3) is 5.91 Å². The predicted octanol–water partition coefficient (Wildman–Crippen LogP) is 3.72. The van der Waals surface area contributed by atoms with E-state index in [1.54, 1.807) is 43.8 Å². The molecule has 0 aliphatic rings. The average molecular weight is 339 g/mol. The lowest BCUT2D eigenvalue weighted by molar-refractivity contribution is 0.0939. The summed E-state index contributed by atoms with van der Waals surface area (Å²) in [4.78, 5) is 12.5. The Balaban J connectivity index is 1.79. The highest BCUT2D eigenvalue weighted by Gasteiger charge is 2.15.